The minimum absolute atomic E-state index is 0.193. The van der Waals surface area contributed by atoms with E-state index >= 15 is 0 Å². The van der Waals surface area contributed by atoms with E-state index in [1.807, 2.05) is 18.2 Å². The summed E-state index contributed by atoms with van der Waals surface area (Å²) in [5.41, 5.74) is 5.57. The summed E-state index contributed by atoms with van der Waals surface area (Å²) >= 11 is 0. The van der Waals surface area contributed by atoms with Crippen LogP contribution in [-0.2, 0) is 0 Å². The zero-order chi connectivity index (χ0) is 22.0. The summed E-state index contributed by atoms with van der Waals surface area (Å²) in [6.07, 6.45) is 3.35. The van der Waals surface area contributed by atoms with E-state index in [1.54, 1.807) is 7.11 Å². The summed E-state index contributed by atoms with van der Waals surface area (Å²) in [6.45, 7) is 11.8. The summed E-state index contributed by atoms with van der Waals surface area (Å²) < 4.78 is 5.55. The van der Waals surface area contributed by atoms with Crippen LogP contribution in [0.5, 0.6) is 5.75 Å². The van der Waals surface area contributed by atoms with E-state index in [0.717, 1.165) is 50.6 Å². The van der Waals surface area contributed by atoms with Crippen molar-refractivity contribution in [2.24, 2.45) is 5.41 Å². The van der Waals surface area contributed by atoms with Gasteiger partial charge in [-0.1, -0.05) is 45.0 Å². The van der Waals surface area contributed by atoms with Gasteiger partial charge in [-0.3, -0.25) is 4.90 Å². The van der Waals surface area contributed by atoms with Crippen LogP contribution >= 0.6 is 0 Å². The van der Waals surface area contributed by atoms with Crippen molar-refractivity contribution in [3.8, 4) is 11.8 Å². The third kappa shape index (κ3) is 4.75. The van der Waals surface area contributed by atoms with Crippen molar-refractivity contribution in [2.45, 2.75) is 33.1 Å². The number of anilines is 1. The van der Waals surface area contributed by atoms with Gasteiger partial charge in [0, 0.05) is 38.6 Å². The number of rotatable bonds is 5. The van der Waals surface area contributed by atoms with Crippen molar-refractivity contribution in [3.63, 3.8) is 0 Å². The number of hydrogen-bond donors (Lipinski definition) is 0. The molecule has 1 aromatic carbocycles. The number of nitrogens with zero attached hydrogens (tertiary/aromatic N) is 4. The van der Waals surface area contributed by atoms with Crippen LogP contribution in [0.25, 0.3) is 6.08 Å². The summed E-state index contributed by atoms with van der Waals surface area (Å²) in [4.78, 5) is 9.66. The lowest BCUT2D eigenvalue weighted by atomic mass is 9.81. The molecule has 1 aliphatic heterocycles. The Morgan fingerprint density at radius 1 is 1.10 bits per heavy atom. The van der Waals surface area contributed by atoms with Crippen molar-refractivity contribution < 1.29 is 4.74 Å². The van der Waals surface area contributed by atoms with E-state index in [0.29, 0.717) is 5.69 Å². The average molecular weight is 417 g/mol. The van der Waals surface area contributed by atoms with E-state index in [2.05, 4.69) is 60.9 Å². The fourth-order valence-corrected chi connectivity index (χ4v) is 4.72. The molecule has 1 aromatic heterocycles. The van der Waals surface area contributed by atoms with E-state index in [9.17, 15) is 5.26 Å². The lowest BCUT2D eigenvalue weighted by Gasteiger charge is -2.37. The van der Waals surface area contributed by atoms with Crippen molar-refractivity contribution in [2.75, 3.05) is 44.7 Å². The van der Waals surface area contributed by atoms with Gasteiger partial charge in [-0.15, -0.1) is 0 Å². The first kappa shape index (κ1) is 21.4. The molecule has 1 fully saturated rings. The Labute approximate surface area is 186 Å². The Hall–Kier alpha value is -2.84. The molecule has 0 spiro atoms. The lowest BCUT2D eigenvalue weighted by Crippen LogP contribution is -2.47. The first-order valence-corrected chi connectivity index (χ1v) is 11.1. The number of hydrogen-bond acceptors (Lipinski definition) is 5. The minimum Gasteiger partial charge on any atom is -0.495 e. The summed E-state index contributed by atoms with van der Waals surface area (Å²) in [7, 11) is 1.74. The van der Waals surface area contributed by atoms with Crippen LogP contribution in [0.2, 0.25) is 0 Å². The van der Waals surface area contributed by atoms with E-state index < -0.39 is 0 Å². The highest BCUT2D eigenvalue weighted by atomic mass is 16.5. The van der Waals surface area contributed by atoms with Crippen molar-refractivity contribution in [1.82, 2.24) is 9.88 Å². The van der Waals surface area contributed by atoms with E-state index in [-0.39, 0.29) is 11.3 Å². The Morgan fingerprint density at radius 3 is 2.52 bits per heavy atom. The smallest absolute Gasteiger partial charge is 0.142 e. The SMILES string of the molecule is COc1ccccc1N1CCN(CC2=Cc3ccc(C#N)nc3C2CC(C)(C)C)CC1. The lowest BCUT2D eigenvalue weighted by molar-refractivity contribution is 0.267. The molecule has 1 saturated heterocycles. The molecule has 2 aromatic rings. The number of methoxy groups -OCH3 is 1. The zero-order valence-electron chi connectivity index (χ0n) is 19.1. The number of piperazine rings is 1. The number of aromatic nitrogens is 1. The molecule has 1 aliphatic carbocycles. The molecule has 2 heterocycles. The highest BCUT2D eigenvalue weighted by Gasteiger charge is 2.32. The third-order valence-corrected chi connectivity index (χ3v) is 6.21. The number of nitriles is 1. The zero-order valence-corrected chi connectivity index (χ0v) is 19.1. The molecule has 0 N–H and O–H groups in total. The van der Waals surface area contributed by atoms with E-state index in [1.165, 1.54) is 16.8 Å². The van der Waals surface area contributed by atoms with Gasteiger partial charge in [-0.25, -0.2) is 4.98 Å². The summed E-state index contributed by atoms with van der Waals surface area (Å²) in [6, 6.07) is 14.4. The standard InChI is InChI=1S/C26H32N4O/c1-26(2,3)16-22-20(15-19-9-10-21(17-27)28-25(19)22)18-29-11-13-30(14-12-29)23-7-5-6-8-24(23)31-4/h5-10,15,22H,11-14,16,18H2,1-4H3. The number of pyridine rings is 1. The highest BCUT2D eigenvalue weighted by molar-refractivity contribution is 5.66. The molecule has 1 unspecified atom stereocenters. The predicted molar refractivity (Wildman–Crippen MR) is 125 cm³/mol. The van der Waals surface area contributed by atoms with Crippen molar-refractivity contribution in [1.29, 1.82) is 5.26 Å². The fraction of sp³-hybridized carbons (Fsp3) is 0.462. The molecule has 4 rings (SSSR count). The largest absolute Gasteiger partial charge is 0.495 e. The monoisotopic (exact) mass is 416 g/mol. The Balaban J connectivity index is 1.47. The van der Waals surface area contributed by atoms with Gasteiger partial charge in [0.25, 0.3) is 0 Å². The highest BCUT2D eigenvalue weighted by Crippen LogP contribution is 2.42. The third-order valence-electron chi connectivity index (χ3n) is 6.21. The van der Waals surface area contributed by atoms with Crippen molar-refractivity contribution in [3.05, 3.63) is 58.9 Å². The van der Waals surface area contributed by atoms with Gasteiger partial charge in [0.2, 0.25) is 0 Å². The molecule has 0 radical (unpaired) electrons. The van der Waals surface area contributed by atoms with Gasteiger partial charge in [0.15, 0.2) is 0 Å². The summed E-state index contributed by atoms with van der Waals surface area (Å²) in [5.74, 6) is 1.23. The Morgan fingerprint density at radius 2 is 1.84 bits per heavy atom. The maximum absolute atomic E-state index is 9.32. The minimum atomic E-state index is 0.193. The Bertz CT molecular complexity index is 1010. The van der Waals surface area contributed by atoms with Gasteiger partial charge in [-0.2, -0.15) is 5.26 Å². The molecule has 0 saturated carbocycles. The average Bonchev–Trinajstić information content (AvgIpc) is 3.09. The molecular formula is C26H32N4O. The second-order valence-corrected chi connectivity index (χ2v) is 9.75. The number of fused-ring (bicyclic) bond motifs is 1. The molecule has 31 heavy (non-hydrogen) atoms. The molecule has 5 heteroatoms. The van der Waals surface area contributed by atoms with E-state index in [4.69, 9.17) is 9.72 Å². The van der Waals surface area contributed by atoms with Crippen LogP contribution < -0.4 is 9.64 Å². The summed E-state index contributed by atoms with van der Waals surface area (Å²) in [5, 5.41) is 9.32. The Kier molecular flexibility index (Phi) is 6.02. The van der Waals surface area contributed by atoms with Gasteiger partial charge in [-0.05, 0) is 41.2 Å². The molecular weight excluding hydrogens is 384 g/mol. The molecule has 1 atom stereocenters. The van der Waals surface area contributed by atoms with Gasteiger partial charge in [0.1, 0.15) is 17.5 Å². The number of benzene rings is 1. The second-order valence-electron chi connectivity index (χ2n) is 9.75. The maximum atomic E-state index is 9.32. The van der Waals surface area contributed by atoms with Crippen LogP contribution in [0, 0.1) is 16.7 Å². The van der Waals surface area contributed by atoms with Gasteiger partial charge >= 0.3 is 0 Å². The second kappa shape index (κ2) is 8.72. The first-order chi connectivity index (χ1) is 14.9. The van der Waals surface area contributed by atoms with Crippen LogP contribution in [0.1, 0.15) is 50.1 Å². The maximum Gasteiger partial charge on any atom is 0.142 e. The number of para-hydroxylation sites is 2. The van der Waals surface area contributed by atoms with Crippen molar-refractivity contribution >= 4 is 11.8 Å². The van der Waals surface area contributed by atoms with Crippen LogP contribution in [0.3, 0.4) is 0 Å². The fourth-order valence-electron chi connectivity index (χ4n) is 4.72. The van der Waals surface area contributed by atoms with Crippen LogP contribution in [0.15, 0.2) is 42.0 Å². The number of ether oxygens (including phenoxy) is 1. The molecule has 0 amide bonds. The molecule has 0 bridgehead atoms. The molecule has 2 aliphatic rings. The first-order valence-electron chi connectivity index (χ1n) is 11.1. The van der Waals surface area contributed by atoms with Gasteiger partial charge in [0.05, 0.1) is 18.5 Å². The predicted octanol–water partition coefficient (Wildman–Crippen LogP) is 4.70. The normalized spacial score (nSPS) is 19.0. The van der Waals surface area contributed by atoms with Crippen LogP contribution in [-0.4, -0.2) is 49.7 Å². The topological polar surface area (TPSA) is 52.4 Å². The van der Waals surface area contributed by atoms with Gasteiger partial charge < -0.3 is 9.64 Å². The molecule has 5 nitrogen and oxygen atoms in total. The van der Waals surface area contributed by atoms with Crippen LogP contribution in [0.4, 0.5) is 5.69 Å². The quantitative estimate of drug-likeness (QED) is 0.707. The molecule has 162 valence electrons.